The molecule has 0 aliphatic rings. The fourth-order valence-corrected chi connectivity index (χ4v) is 2.35. The lowest BCUT2D eigenvalue weighted by molar-refractivity contribution is 0.262. The number of benzene rings is 2. The molecule has 0 saturated heterocycles. The summed E-state index contributed by atoms with van der Waals surface area (Å²) in [6.07, 6.45) is 1.77. The van der Waals surface area contributed by atoms with Crippen molar-refractivity contribution < 1.29 is 4.79 Å². The van der Waals surface area contributed by atoms with Crippen molar-refractivity contribution >= 4 is 62.9 Å². The van der Waals surface area contributed by atoms with Gasteiger partial charge in [0, 0.05) is 23.3 Å². The first-order chi connectivity index (χ1) is 12.1. The molecule has 1 heterocycles. The summed E-state index contributed by atoms with van der Waals surface area (Å²) in [7, 11) is 0. The van der Waals surface area contributed by atoms with Gasteiger partial charge in [-0.1, -0.05) is 12.1 Å². The first-order valence-corrected chi connectivity index (χ1v) is 7.84. The lowest BCUT2D eigenvalue weighted by Gasteiger charge is -2.10. The molecule has 3 aromatic rings. The van der Waals surface area contributed by atoms with E-state index in [9.17, 15) is 4.79 Å². The summed E-state index contributed by atoms with van der Waals surface area (Å²) < 4.78 is 0. The molecule has 2 amide bonds. The minimum Gasteiger partial charge on any atom is -0.359 e. The lowest BCUT2D eigenvalue weighted by Crippen LogP contribution is -2.19. The van der Waals surface area contributed by atoms with Crippen molar-refractivity contribution in [2.45, 2.75) is 6.92 Å². The van der Waals surface area contributed by atoms with Gasteiger partial charge in [0.15, 0.2) is 0 Å². The second-order valence-electron chi connectivity index (χ2n) is 5.61. The molecule has 0 atom stereocenters. The van der Waals surface area contributed by atoms with Crippen molar-refractivity contribution in [3.05, 3.63) is 78.1 Å². The van der Waals surface area contributed by atoms with Crippen molar-refractivity contribution in [2.24, 2.45) is 0 Å². The molecule has 0 spiro atoms. The van der Waals surface area contributed by atoms with E-state index in [0.717, 1.165) is 16.9 Å². The highest BCUT2D eigenvalue weighted by Gasteiger charge is 2.05. The molecule has 0 radical (unpaired) electrons. The monoisotopic (exact) mass is 493 g/mol. The molecule has 0 fully saturated rings. The first-order valence-electron chi connectivity index (χ1n) is 7.84. The Hall–Kier alpha value is -2.58. The number of halogens is 2. The van der Waals surface area contributed by atoms with Gasteiger partial charge >= 0.3 is 6.03 Å². The standard InChI is InChI=1S/C19H19N5O.2BrH/c1-13-4-2-5-16(12-13)24-19(25)23-15-9-7-14(8-10-15)22-18(20)17-6-3-11-21-17;;/h2-12,21H,1H3,(H2,20,22)(H2,23,24,25);2*1H. The number of anilines is 3. The molecule has 142 valence electrons. The molecule has 6 nitrogen and oxygen atoms in total. The maximum absolute atomic E-state index is 12.0. The van der Waals surface area contributed by atoms with Crippen LogP contribution in [-0.2, 0) is 0 Å². The summed E-state index contributed by atoms with van der Waals surface area (Å²) in [5, 5.41) is 16.5. The highest BCUT2D eigenvalue weighted by Crippen LogP contribution is 2.15. The third-order valence-electron chi connectivity index (χ3n) is 3.56. The van der Waals surface area contributed by atoms with Gasteiger partial charge in [0.05, 0.1) is 5.69 Å². The van der Waals surface area contributed by atoms with Crippen molar-refractivity contribution in [1.82, 2.24) is 4.98 Å². The van der Waals surface area contributed by atoms with Crippen molar-refractivity contribution in [3.63, 3.8) is 0 Å². The molecule has 1 aromatic heterocycles. The number of hydrogen-bond acceptors (Lipinski definition) is 2. The van der Waals surface area contributed by atoms with Gasteiger partial charge in [-0.05, 0) is 61.0 Å². The lowest BCUT2D eigenvalue weighted by atomic mass is 10.2. The molecule has 8 heteroatoms. The van der Waals surface area contributed by atoms with Gasteiger partial charge in [-0.3, -0.25) is 5.41 Å². The number of carbonyl (C=O) groups excluding carboxylic acids is 1. The third-order valence-corrected chi connectivity index (χ3v) is 3.56. The third kappa shape index (κ3) is 6.58. The maximum Gasteiger partial charge on any atom is 0.323 e. The SMILES string of the molecule is Br.Br.Cc1cccc(NC(=O)Nc2ccc(NC(=N)c3ccc[nH]3)cc2)c1. The second kappa shape index (κ2) is 10.5. The number of H-pyrrole nitrogens is 1. The van der Waals surface area contributed by atoms with Gasteiger partial charge in [-0.15, -0.1) is 34.0 Å². The second-order valence-corrected chi connectivity index (χ2v) is 5.61. The van der Waals surface area contributed by atoms with Crippen LogP contribution in [0.25, 0.3) is 0 Å². The molecule has 3 rings (SSSR count). The first kappa shape index (κ1) is 22.5. The maximum atomic E-state index is 12.0. The van der Waals surface area contributed by atoms with Crippen LogP contribution in [-0.4, -0.2) is 16.9 Å². The largest absolute Gasteiger partial charge is 0.359 e. The zero-order valence-corrected chi connectivity index (χ0v) is 18.0. The van der Waals surface area contributed by atoms with Crippen LogP contribution < -0.4 is 16.0 Å². The predicted octanol–water partition coefficient (Wildman–Crippen LogP) is 5.56. The Bertz CT molecular complexity index is 879. The van der Waals surface area contributed by atoms with Crippen molar-refractivity contribution in [1.29, 1.82) is 5.41 Å². The van der Waals surface area contributed by atoms with Crippen LogP contribution in [0.5, 0.6) is 0 Å². The van der Waals surface area contributed by atoms with Gasteiger partial charge in [0.2, 0.25) is 0 Å². The Morgan fingerprint density at radius 2 is 1.48 bits per heavy atom. The number of nitrogens with one attached hydrogen (secondary N) is 5. The number of aromatic amines is 1. The average Bonchev–Trinajstić information content (AvgIpc) is 3.11. The Morgan fingerprint density at radius 3 is 2.07 bits per heavy atom. The topological polar surface area (TPSA) is 92.8 Å². The van der Waals surface area contributed by atoms with Gasteiger partial charge in [0.25, 0.3) is 0 Å². The molecule has 0 saturated carbocycles. The smallest absolute Gasteiger partial charge is 0.323 e. The quantitative estimate of drug-likeness (QED) is 0.242. The van der Waals surface area contributed by atoms with Gasteiger partial charge in [-0.2, -0.15) is 0 Å². The molecule has 0 bridgehead atoms. The van der Waals surface area contributed by atoms with Crippen LogP contribution in [0.15, 0.2) is 66.9 Å². The summed E-state index contributed by atoms with van der Waals surface area (Å²) in [5.41, 5.74) is 3.97. The summed E-state index contributed by atoms with van der Waals surface area (Å²) in [6.45, 7) is 1.97. The fourth-order valence-electron chi connectivity index (χ4n) is 2.35. The van der Waals surface area contributed by atoms with E-state index in [-0.39, 0.29) is 45.8 Å². The summed E-state index contributed by atoms with van der Waals surface area (Å²) in [5.74, 6) is 0.280. The van der Waals surface area contributed by atoms with Crippen molar-refractivity contribution in [2.75, 3.05) is 16.0 Å². The summed E-state index contributed by atoms with van der Waals surface area (Å²) in [4.78, 5) is 15.0. The van der Waals surface area contributed by atoms with Crippen LogP contribution in [0.1, 0.15) is 11.3 Å². The van der Waals surface area contributed by atoms with E-state index >= 15 is 0 Å². The average molecular weight is 495 g/mol. The van der Waals surface area contributed by atoms with Crippen LogP contribution >= 0.6 is 34.0 Å². The molecular weight excluding hydrogens is 474 g/mol. The highest BCUT2D eigenvalue weighted by atomic mass is 79.9. The molecule has 2 aromatic carbocycles. The van der Waals surface area contributed by atoms with Crippen LogP contribution in [0.3, 0.4) is 0 Å². The minimum absolute atomic E-state index is 0. The van der Waals surface area contributed by atoms with E-state index in [1.54, 1.807) is 30.5 Å². The summed E-state index contributed by atoms with van der Waals surface area (Å²) in [6, 6.07) is 18.1. The Morgan fingerprint density at radius 1 is 0.852 bits per heavy atom. The number of urea groups is 1. The zero-order valence-electron chi connectivity index (χ0n) is 14.6. The van der Waals surface area contributed by atoms with Gasteiger partial charge in [0.1, 0.15) is 5.84 Å². The van der Waals surface area contributed by atoms with E-state index in [0.29, 0.717) is 11.4 Å². The van der Waals surface area contributed by atoms with E-state index in [2.05, 4.69) is 20.9 Å². The predicted molar refractivity (Wildman–Crippen MR) is 122 cm³/mol. The van der Waals surface area contributed by atoms with Crippen molar-refractivity contribution in [3.8, 4) is 0 Å². The Kier molecular flexibility index (Phi) is 8.77. The molecule has 0 unspecified atom stereocenters. The Labute approximate surface area is 178 Å². The van der Waals surface area contributed by atoms with Crippen LogP contribution in [0, 0.1) is 12.3 Å². The Balaban J connectivity index is 0.00000182. The molecule has 27 heavy (non-hydrogen) atoms. The number of carbonyl (C=O) groups is 1. The number of aromatic nitrogens is 1. The van der Waals surface area contributed by atoms with Crippen LogP contribution in [0.2, 0.25) is 0 Å². The van der Waals surface area contributed by atoms with E-state index in [1.165, 1.54) is 0 Å². The van der Waals surface area contributed by atoms with E-state index < -0.39 is 0 Å². The fraction of sp³-hybridized carbons (Fsp3) is 0.0526. The molecular formula is C19H21Br2N5O. The number of rotatable bonds is 4. The van der Waals surface area contributed by atoms with E-state index in [1.807, 2.05) is 43.3 Å². The number of aryl methyl sites for hydroxylation is 1. The number of hydrogen-bond donors (Lipinski definition) is 5. The normalized spacial score (nSPS) is 9.37. The molecule has 0 aliphatic carbocycles. The zero-order chi connectivity index (χ0) is 17.6. The molecule has 5 N–H and O–H groups in total. The molecule has 0 aliphatic heterocycles. The highest BCUT2D eigenvalue weighted by molar-refractivity contribution is 8.93. The van der Waals surface area contributed by atoms with E-state index in [4.69, 9.17) is 5.41 Å². The van der Waals surface area contributed by atoms with Gasteiger partial charge < -0.3 is 20.9 Å². The summed E-state index contributed by atoms with van der Waals surface area (Å²) >= 11 is 0. The number of amides is 2. The minimum atomic E-state index is -0.301. The van der Waals surface area contributed by atoms with Crippen LogP contribution in [0.4, 0.5) is 21.9 Å². The number of amidine groups is 1. The van der Waals surface area contributed by atoms with Gasteiger partial charge in [-0.25, -0.2) is 4.79 Å².